The van der Waals surface area contributed by atoms with Gasteiger partial charge < -0.3 is 10.1 Å². The lowest BCUT2D eigenvalue weighted by molar-refractivity contribution is -0.129. The van der Waals surface area contributed by atoms with Crippen molar-refractivity contribution in [3.8, 4) is 11.4 Å². The second kappa shape index (κ2) is 9.49. The Hall–Kier alpha value is -3.74. The summed E-state index contributed by atoms with van der Waals surface area (Å²) in [5.41, 5.74) is 2.54. The minimum absolute atomic E-state index is 0.102. The molecule has 4 aromatic rings. The standard InChI is InChI=1S/C28H29F2N3O2/c1-17-14-21(30)8-12-24(17)26(18(2)32-27(34)28(3,4)5)35-23-11-13-25-19(15-23)16-31-33(25)22-9-6-20(29)7-10-22/h6-16,18,26H,1-5H3,(H,32,34)/t18-,26-/m0/s1. The zero-order valence-electron chi connectivity index (χ0n) is 20.5. The summed E-state index contributed by atoms with van der Waals surface area (Å²) in [5, 5.41) is 8.32. The summed E-state index contributed by atoms with van der Waals surface area (Å²) < 4.78 is 35.3. The number of aromatic nitrogens is 2. The number of nitrogens with zero attached hydrogens (tertiary/aromatic N) is 2. The number of hydrogen-bond donors (Lipinski definition) is 1. The SMILES string of the molecule is Cc1cc(F)ccc1[C@@H](Oc1ccc2c(cnn2-c2ccc(F)cc2)c1)[C@H](C)NC(=O)C(C)(C)C. The van der Waals surface area contributed by atoms with Crippen molar-refractivity contribution >= 4 is 16.8 Å². The Balaban J connectivity index is 1.67. The molecule has 3 aromatic carbocycles. The van der Waals surface area contributed by atoms with Crippen LogP contribution in [0.5, 0.6) is 5.75 Å². The first-order valence-electron chi connectivity index (χ1n) is 11.5. The molecule has 0 fully saturated rings. The molecule has 0 saturated carbocycles. The van der Waals surface area contributed by atoms with Crippen LogP contribution in [-0.2, 0) is 4.79 Å². The summed E-state index contributed by atoms with van der Waals surface area (Å²) in [4.78, 5) is 12.7. The largest absolute Gasteiger partial charge is 0.484 e. The third kappa shape index (κ3) is 5.34. The van der Waals surface area contributed by atoms with Crippen LogP contribution in [0.25, 0.3) is 16.6 Å². The number of ether oxygens (including phenoxy) is 1. The van der Waals surface area contributed by atoms with Crippen molar-refractivity contribution in [2.24, 2.45) is 5.41 Å². The molecular formula is C28H29F2N3O2. The van der Waals surface area contributed by atoms with E-state index < -0.39 is 11.5 Å². The highest BCUT2D eigenvalue weighted by atomic mass is 19.1. The molecule has 0 aliphatic rings. The first-order valence-corrected chi connectivity index (χ1v) is 11.5. The lowest BCUT2D eigenvalue weighted by Gasteiger charge is -2.30. The van der Waals surface area contributed by atoms with Gasteiger partial charge in [-0.15, -0.1) is 0 Å². The Morgan fingerprint density at radius 2 is 1.69 bits per heavy atom. The molecule has 0 aliphatic heterocycles. The third-order valence-electron chi connectivity index (χ3n) is 5.91. The van der Waals surface area contributed by atoms with Gasteiger partial charge >= 0.3 is 0 Å². The van der Waals surface area contributed by atoms with Crippen molar-refractivity contribution in [2.45, 2.75) is 46.8 Å². The van der Waals surface area contributed by atoms with Crippen molar-refractivity contribution in [3.63, 3.8) is 0 Å². The highest BCUT2D eigenvalue weighted by Crippen LogP contribution is 2.31. The topological polar surface area (TPSA) is 56.1 Å². The van der Waals surface area contributed by atoms with Crippen LogP contribution >= 0.6 is 0 Å². The van der Waals surface area contributed by atoms with E-state index in [2.05, 4.69) is 10.4 Å². The van der Waals surface area contributed by atoms with Gasteiger partial charge in [0.25, 0.3) is 0 Å². The molecule has 0 unspecified atom stereocenters. The summed E-state index contributed by atoms with van der Waals surface area (Å²) in [5.74, 6) is -0.155. The lowest BCUT2D eigenvalue weighted by atomic mass is 9.93. The first kappa shape index (κ1) is 24.4. The molecule has 182 valence electrons. The summed E-state index contributed by atoms with van der Waals surface area (Å²) >= 11 is 0. The number of aryl methyl sites for hydroxylation is 1. The van der Waals surface area contributed by atoms with Crippen molar-refractivity contribution < 1.29 is 18.3 Å². The minimum atomic E-state index is -0.565. The fourth-order valence-electron chi connectivity index (χ4n) is 3.91. The molecule has 0 bridgehead atoms. The maximum absolute atomic E-state index is 13.8. The zero-order chi connectivity index (χ0) is 25.3. The van der Waals surface area contributed by atoms with Gasteiger partial charge in [-0.05, 0) is 79.6 Å². The average molecular weight is 478 g/mol. The molecule has 7 heteroatoms. The molecule has 1 aromatic heterocycles. The number of amides is 1. The van der Waals surface area contributed by atoms with Crippen molar-refractivity contribution in [2.75, 3.05) is 0 Å². The maximum atomic E-state index is 13.8. The molecule has 1 amide bonds. The van der Waals surface area contributed by atoms with Gasteiger partial charge in [0.15, 0.2) is 0 Å². The number of rotatable bonds is 6. The molecular weight excluding hydrogens is 448 g/mol. The van der Waals surface area contributed by atoms with Gasteiger partial charge in [0.05, 0.1) is 23.4 Å². The van der Waals surface area contributed by atoms with Crippen LogP contribution in [0.4, 0.5) is 8.78 Å². The number of hydrogen-bond acceptors (Lipinski definition) is 3. The van der Waals surface area contributed by atoms with Crippen LogP contribution in [-0.4, -0.2) is 21.7 Å². The van der Waals surface area contributed by atoms with E-state index in [0.29, 0.717) is 5.75 Å². The lowest BCUT2D eigenvalue weighted by Crippen LogP contribution is -2.44. The van der Waals surface area contributed by atoms with E-state index in [9.17, 15) is 13.6 Å². The van der Waals surface area contributed by atoms with Gasteiger partial charge in [0.1, 0.15) is 23.5 Å². The van der Waals surface area contributed by atoms with Gasteiger partial charge in [-0.2, -0.15) is 5.10 Å². The van der Waals surface area contributed by atoms with E-state index in [4.69, 9.17) is 4.74 Å². The van der Waals surface area contributed by atoms with Gasteiger partial charge in [0.2, 0.25) is 5.91 Å². The number of carbonyl (C=O) groups excluding carboxylic acids is 1. The Bertz CT molecular complexity index is 1360. The molecule has 5 nitrogen and oxygen atoms in total. The second-order valence-corrected chi connectivity index (χ2v) is 9.80. The van der Waals surface area contributed by atoms with E-state index in [1.54, 1.807) is 29.1 Å². The van der Waals surface area contributed by atoms with Gasteiger partial charge in [-0.25, -0.2) is 13.5 Å². The first-order chi connectivity index (χ1) is 16.5. The van der Waals surface area contributed by atoms with E-state index in [-0.39, 0.29) is 23.6 Å². The van der Waals surface area contributed by atoms with Crippen LogP contribution < -0.4 is 10.1 Å². The quantitative estimate of drug-likeness (QED) is 0.355. The Morgan fingerprint density at radius 3 is 2.34 bits per heavy atom. The monoisotopic (exact) mass is 477 g/mol. The highest BCUT2D eigenvalue weighted by Gasteiger charge is 2.29. The van der Waals surface area contributed by atoms with Crippen molar-refractivity contribution in [1.82, 2.24) is 15.1 Å². The molecule has 0 radical (unpaired) electrons. The van der Waals surface area contributed by atoms with Crippen molar-refractivity contribution in [1.29, 1.82) is 0 Å². The van der Waals surface area contributed by atoms with Crippen LogP contribution in [0.2, 0.25) is 0 Å². The van der Waals surface area contributed by atoms with E-state index in [1.807, 2.05) is 52.8 Å². The van der Waals surface area contributed by atoms with Crippen LogP contribution in [0.15, 0.2) is 66.9 Å². The van der Waals surface area contributed by atoms with Crippen LogP contribution in [0.1, 0.15) is 44.9 Å². The van der Waals surface area contributed by atoms with Crippen LogP contribution in [0.3, 0.4) is 0 Å². The number of carbonyl (C=O) groups is 1. The molecule has 0 saturated heterocycles. The fourth-order valence-corrected chi connectivity index (χ4v) is 3.91. The molecule has 0 aliphatic carbocycles. The normalized spacial score (nSPS) is 13.5. The Morgan fingerprint density at radius 1 is 1.00 bits per heavy atom. The Kier molecular flexibility index (Phi) is 6.61. The molecule has 4 rings (SSSR count). The minimum Gasteiger partial charge on any atom is -0.484 e. The smallest absolute Gasteiger partial charge is 0.225 e. The summed E-state index contributed by atoms with van der Waals surface area (Å²) in [6, 6.07) is 15.9. The molecule has 2 atom stereocenters. The van der Waals surface area contributed by atoms with Gasteiger partial charge in [0, 0.05) is 10.8 Å². The van der Waals surface area contributed by atoms with Gasteiger partial charge in [-0.3, -0.25) is 4.79 Å². The third-order valence-corrected chi connectivity index (χ3v) is 5.91. The maximum Gasteiger partial charge on any atom is 0.225 e. The summed E-state index contributed by atoms with van der Waals surface area (Å²) in [6.45, 7) is 9.24. The van der Waals surface area contributed by atoms with Gasteiger partial charge in [-0.1, -0.05) is 26.8 Å². The fraction of sp³-hybridized carbons (Fsp3) is 0.286. The molecule has 1 heterocycles. The highest BCUT2D eigenvalue weighted by molar-refractivity contribution is 5.82. The summed E-state index contributed by atoms with van der Waals surface area (Å²) in [6.07, 6.45) is 1.17. The number of benzene rings is 3. The van der Waals surface area contributed by atoms with Crippen LogP contribution in [0, 0.1) is 24.0 Å². The number of fused-ring (bicyclic) bond motifs is 1. The second-order valence-electron chi connectivity index (χ2n) is 9.80. The number of nitrogens with one attached hydrogen (secondary N) is 1. The molecule has 1 N–H and O–H groups in total. The Labute approximate surface area is 203 Å². The zero-order valence-corrected chi connectivity index (χ0v) is 20.5. The summed E-state index contributed by atoms with van der Waals surface area (Å²) in [7, 11) is 0. The number of halogens is 2. The average Bonchev–Trinajstić information content (AvgIpc) is 3.21. The van der Waals surface area contributed by atoms with Crippen molar-refractivity contribution in [3.05, 3.63) is 89.6 Å². The molecule has 35 heavy (non-hydrogen) atoms. The predicted octanol–water partition coefficient (Wildman–Crippen LogP) is 6.28. The van der Waals surface area contributed by atoms with E-state index >= 15 is 0 Å². The van der Waals surface area contributed by atoms with E-state index in [1.165, 1.54) is 24.3 Å². The molecule has 0 spiro atoms. The predicted molar refractivity (Wildman–Crippen MR) is 133 cm³/mol. The van der Waals surface area contributed by atoms with E-state index in [0.717, 1.165) is 27.7 Å².